The lowest BCUT2D eigenvalue weighted by atomic mass is 15.9. The van der Waals surface area contributed by atoms with Gasteiger partial charge in [-0.25, -0.2) is 0 Å². The van der Waals surface area contributed by atoms with Crippen molar-refractivity contribution in [3.05, 3.63) is 0 Å². The molecule has 0 saturated heterocycles. The molecule has 0 aromatic heterocycles. The van der Waals surface area contributed by atoms with Crippen molar-refractivity contribution in [2.45, 2.75) is 0 Å². The summed E-state index contributed by atoms with van der Waals surface area (Å²) in [6.07, 6.45) is -3.30. The molecular formula is H2ClO4PS. The zero-order chi connectivity index (χ0) is 6.08. The molecule has 0 aliphatic rings. The Hall–Kier alpha value is 0.430. The molecule has 0 aliphatic heterocycles. The lowest BCUT2D eigenvalue weighted by Gasteiger charge is -1.79. The van der Waals surface area contributed by atoms with Gasteiger partial charge in [-0.2, -0.15) is 8.42 Å². The molecule has 0 fully saturated rings. The molecule has 1 N–H and O–H groups in total. The van der Waals surface area contributed by atoms with Gasteiger partial charge in [-0.15, -0.1) is 0 Å². The summed E-state index contributed by atoms with van der Waals surface area (Å²) >= 11 is 4.46. The first kappa shape index (κ1) is 7.43. The third-order valence-electron chi connectivity index (χ3n) is 0.203. The highest BCUT2D eigenvalue weighted by Crippen LogP contribution is 2.32. The van der Waals surface area contributed by atoms with Crippen LogP contribution in [0.3, 0.4) is 0 Å². The fourth-order valence-electron chi connectivity index (χ4n) is 0. The van der Waals surface area contributed by atoms with Gasteiger partial charge in [0.15, 0.2) is 0 Å². The Labute approximate surface area is 45.6 Å². The van der Waals surface area contributed by atoms with Gasteiger partial charge in [-0.05, 0) is 11.2 Å². The van der Waals surface area contributed by atoms with Crippen LogP contribution in [-0.2, 0) is 14.3 Å². The smallest absolute Gasteiger partial charge is 0.290 e. The summed E-state index contributed by atoms with van der Waals surface area (Å²) in [5.41, 5.74) is 0. The van der Waals surface area contributed by atoms with Crippen LogP contribution >= 0.6 is 17.6 Å². The second-order valence-electron chi connectivity index (χ2n) is 0.713. The molecule has 0 amide bonds. The molecule has 1 unspecified atom stereocenters. The molecule has 0 aliphatic carbocycles. The van der Waals surface area contributed by atoms with Crippen LogP contribution in [0.2, 0.25) is 0 Å². The Morgan fingerprint density at radius 3 is 1.71 bits per heavy atom. The minimum atomic E-state index is -4.43. The van der Waals surface area contributed by atoms with Gasteiger partial charge in [0.1, 0.15) is 0 Å². The van der Waals surface area contributed by atoms with Gasteiger partial charge < -0.3 is 0 Å². The monoisotopic (exact) mass is 164 g/mol. The summed E-state index contributed by atoms with van der Waals surface area (Å²) < 4.78 is 36.2. The molecule has 7 heteroatoms. The third kappa shape index (κ3) is 3.05. The van der Waals surface area contributed by atoms with Crippen molar-refractivity contribution < 1.29 is 17.5 Å². The summed E-state index contributed by atoms with van der Waals surface area (Å²) in [5, 5.41) is 0. The molecule has 1 atom stereocenters. The highest BCUT2D eigenvalue weighted by Gasteiger charge is 2.09. The van der Waals surface area contributed by atoms with E-state index in [1.165, 1.54) is 0 Å². The average molecular weight is 165 g/mol. The second-order valence-corrected chi connectivity index (χ2v) is 6.50. The molecule has 0 heterocycles. The number of hydrogen-bond donors (Lipinski definition) is 1. The van der Waals surface area contributed by atoms with Crippen LogP contribution in [0.4, 0.5) is 0 Å². The van der Waals surface area contributed by atoms with E-state index in [1.807, 2.05) is 0 Å². The van der Waals surface area contributed by atoms with Crippen LogP contribution in [0.5, 0.6) is 0 Å². The van der Waals surface area contributed by atoms with Crippen molar-refractivity contribution in [3.8, 4) is 0 Å². The Morgan fingerprint density at radius 1 is 1.57 bits per heavy atom. The first-order valence-corrected chi connectivity index (χ1v) is 5.70. The second kappa shape index (κ2) is 2.13. The normalized spacial score (nSPS) is 16.3. The van der Waals surface area contributed by atoms with Gasteiger partial charge in [-0.3, -0.25) is 9.12 Å². The predicted molar refractivity (Wildman–Crippen MR) is 26.4 cm³/mol. The van der Waals surface area contributed by atoms with E-state index >= 15 is 0 Å². The van der Waals surface area contributed by atoms with Crippen LogP contribution < -0.4 is 0 Å². The van der Waals surface area contributed by atoms with Crippen molar-refractivity contribution in [1.29, 1.82) is 0 Å². The van der Waals surface area contributed by atoms with Crippen molar-refractivity contribution in [2.75, 3.05) is 0 Å². The standard InChI is InChI=1S/ClH2O4PS/c1-6(2)7(3,4)5/h6H,(H,3,4,5). The van der Waals surface area contributed by atoms with Gasteiger partial charge >= 0.3 is 9.74 Å². The quantitative estimate of drug-likeness (QED) is 0.453. The fourth-order valence-corrected chi connectivity index (χ4v) is 0. The average Bonchev–Trinajstić information content (AvgIpc) is 1.31. The minimum absolute atomic E-state index is 3.30. The summed E-state index contributed by atoms with van der Waals surface area (Å²) in [6.45, 7) is 0. The van der Waals surface area contributed by atoms with Gasteiger partial charge in [-0.1, -0.05) is 0 Å². The number of hydrogen-bond acceptors (Lipinski definition) is 3. The maximum Gasteiger partial charge on any atom is 0.327 e. The van der Waals surface area contributed by atoms with E-state index in [9.17, 15) is 13.0 Å². The molecule has 44 valence electrons. The Bertz CT molecular complexity index is 166. The van der Waals surface area contributed by atoms with Gasteiger partial charge in [0.25, 0.3) is 6.36 Å². The van der Waals surface area contributed by atoms with E-state index in [2.05, 4.69) is 11.2 Å². The SMILES string of the molecule is O=[PH](Cl)S(=O)(=O)O. The van der Waals surface area contributed by atoms with E-state index in [-0.39, 0.29) is 0 Å². The zero-order valence-electron chi connectivity index (χ0n) is 2.96. The van der Waals surface area contributed by atoms with Crippen LogP contribution in [0.25, 0.3) is 0 Å². The summed E-state index contributed by atoms with van der Waals surface area (Å²) in [4.78, 5) is 0. The van der Waals surface area contributed by atoms with Crippen LogP contribution in [-0.4, -0.2) is 13.0 Å². The van der Waals surface area contributed by atoms with E-state index < -0.39 is 16.1 Å². The molecule has 0 rings (SSSR count). The number of rotatable bonds is 1. The largest absolute Gasteiger partial charge is 0.327 e. The first-order valence-electron chi connectivity index (χ1n) is 1.11. The number of halogens is 1. The van der Waals surface area contributed by atoms with Crippen LogP contribution in [0, 0.1) is 0 Å². The van der Waals surface area contributed by atoms with Crippen molar-refractivity contribution >= 4 is 27.3 Å². The molecule has 7 heavy (non-hydrogen) atoms. The molecule has 4 nitrogen and oxygen atoms in total. The Morgan fingerprint density at radius 2 is 1.71 bits per heavy atom. The lowest BCUT2D eigenvalue weighted by molar-refractivity contribution is 0.497. The molecule has 0 saturated carbocycles. The molecule has 0 radical (unpaired) electrons. The molecule has 0 spiro atoms. The third-order valence-corrected chi connectivity index (χ3v) is 3.58. The highest BCUT2D eigenvalue weighted by atomic mass is 35.7. The zero-order valence-corrected chi connectivity index (χ0v) is 5.53. The maximum atomic E-state index is 9.58. The van der Waals surface area contributed by atoms with Crippen molar-refractivity contribution in [3.63, 3.8) is 0 Å². The maximum absolute atomic E-state index is 9.58. The molecule has 0 aromatic rings. The van der Waals surface area contributed by atoms with Gasteiger partial charge in [0, 0.05) is 0 Å². The van der Waals surface area contributed by atoms with Gasteiger partial charge in [0.05, 0.1) is 0 Å². The predicted octanol–water partition coefficient (Wildman–Crippen LogP) is 0.503. The van der Waals surface area contributed by atoms with Crippen LogP contribution in [0.15, 0.2) is 0 Å². The minimum Gasteiger partial charge on any atom is -0.290 e. The van der Waals surface area contributed by atoms with Crippen LogP contribution in [0.1, 0.15) is 0 Å². The summed E-state index contributed by atoms with van der Waals surface area (Å²) in [6, 6.07) is 0. The van der Waals surface area contributed by atoms with E-state index in [0.29, 0.717) is 0 Å². The first-order chi connectivity index (χ1) is 2.94. The van der Waals surface area contributed by atoms with Crippen molar-refractivity contribution in [2.24, 2.45) is 0 Å². The van der Waals surface area contributed by atoms with Gasteiger partial charge in [0.2, 0.25) is 0 Å². The molecule has 0 bridgehead atoms. The van der Waals surface area contributed by atoms with E-state index in [1.54, 1.807) is 0 Å². The van der Waals surface area contributed by atoms with Crippen molar-refractivity contribution in [1.82, 2.24) is 0 Å². The van der Waals surface area contributed by atoms with E-state index in [4.69, 9.17) is 4.55 Å². The Kier molecular flexibility index (Phi) is 2.26. The summed E-state index contributed by atoms with van der Waals surface area (Å²) in [5.74, 6) is 0. The Balaban J connectivity index is 4.43. The lowest BCUT2D eigenvalue weighted by Crippen LogP contribution is -1.82. The highest BCUT2D eigenvalue weighted by molar-refractivity contribution is 8.50. The van der Waals surface area contributed by atoms with E-state index in [0.717, 1.165) is 0 Å². The fraction of sp³-hybridized carbons (Fsp3) is 0. The summed E-state index contributed by atoms with van der Waals surface area (Å²) in [7, 11) is -4.43. The topological polar surface area (TPSA) is 71.4 Å². The molecular weight excluding hydrogens is 162 g/mol. The molecule has 0 aromatic carbocycles.